The predicted molar refractivity (Wildman–Crippen MR) is 134 cm³/mol. The minimum absolute atomic E-state index is 0.0546. The van der Waals surface area contributed by atoms with Crippen LogP contribution in [0.3, 0.4) is 0 Å². The summed E-state index contributed by atoms with van der Waals surface area (Å²) in [5, 5.41) is 19.8. The quantitative estimate of drug-likeness (QED) is 0.252. The Morgan fingerprint density at radius 3 is 2.79 bits per heavy atom. The Bertz CT molecular complexity index is 1270. The second kappa shape index (κ2) is 9.82. The van der Waals surface area contributed by atoms with Crippen molar-refractivity contribution in [1.82, 2.24) is 24.8 Å². The molecule has 33 heavy (non-hydrogen) atoms. The van der Waals surface area contributed by atoms with Gasteiger partial charge in [0.05, 0.1) is 22.4 Å². The van der Waals surface area contributed by atoms with Crippen LogP contribution in [0.2, 0.25) is 0 Å². The summed E-state index contributed by atoms with van der Waals surface area (Å²) >= 11 is 4.66. The Balaban J connectivity index is 1.36. The van der Waals surface area contributed by atoms with Crippen LogP contribution in [0.1, 0.15) is 22.2 Å². The molecular weight excluding hydrogens is 472 g/mol. The fourth-order valence-electron chi connectivity index (χ4n) is 3.62. The number of pyridine rings is 1. The number of nitrogens with zero attached hydrogens (tertiary/aromatic N) is 6. The summed E-state index contributed by atoms with van der Waals surface area (Å²) < 4.78 is 1.95. The van der Waals surface area contributed by atoms with E-state index in [2.05, 4.69) is 33.9 Å². The van der Waals surface area contributed by atoms with Gasteiger partial charge in [-0.2, -0.15) is 5.10 Å². The average molecular weight is 493 g/mol. The molecule has 1 unspecified atom stereocenters. The van der Waals surface area contributed by atoms with Crippen LogP contribution in [0.4, 0.5) is 0 Å². The lowest BCUT2D eigenvalue weighted by Crippen LogP contribution is -2.28. The van der Waals surface area contributed by atoms with Crippen molar-refractivity contribution in [3.05, 3.63) is 82.0 Å². The number of carbonyl (C=O) groups is 1. The van der Waals surface area contributed by atoms with E-state index in [0.29, 0.717) is 17.5 Å². The summed E-state index contributed by atoms with van der Waals surface area (Å²) in [4.78, 5) is 19.7. The summed E-state index contributed by atoms with van der Waals surface area (Å²) in [7, 11) is 0. The second-order valence-corrected chi connectivity index (χ2v) is 10.1. The molecular formula is C23H20N6OS3. The van der Waals surface area contributed by atoms with Gasteiger partial charge in [-0.05, 0) is 35.0 Å². The maximum Gasteiger partial charge on any atom is 0.253 e. The molecule has 10 heteroatoms. The standard InChI is InChI=1S/C23H20N6OS3/c1-2-10-28-22(16-6-3-9-24-14-16)25-26-23(28)33-15-21(30)29-18(20-8-5-12-32-20)13-17(27-29)19-7-4-11-31-19/h2-9,11-12,14,18H,1,10,13,15H2. The molecule has 0 aromatic carbocycles. The van der Waals surface area contributed by atoms with E-state index in [1.165, 1.54) is 11.8 Å². The fourth-order valence-corrected chi connectivity index (χ4v) is 5.96. The molecule has 0 spiro atoms. The monoisotopic (exact) mass is 492 g/mol. The van der Waals surface area contributed by atoms with Crippen molar-refractivity contribution in [2.75, 3.05) is 5.75 Å². The van der Waals surface area contributed by atoms with Crippen LogP contribution in [0.15, 0.2) is 82.5 Å². The van der Waals surface area contributed by atoms with Crippen molar-refractivity contribution in [3.63, 3.8) is 0 Å². The molecule has 0 bridgehead atoms. The van der Waals surface area contributed by atoms with E-state index in [1.54, 1.807) is 46.2 Å². The van der Waals surface area contributed by atoms with Crippen LogP contribution < -0.4 is 0 Å². The lowest BCUT2D eigenvalue weighted by atomic mass is 10.1. The fraction of sp³-hybridized carbons (Fsp3) is 0.174. The number of amides is 1. The summed E-state index contributed by atoms with van der Waals surface area (Å²) in [5.41, 5.74) is 1.82. The Kier molecular flexibility index (Phi) is 6.47. The Morgan fingerprint density at radius 1 is 1.18 bits per heavy atom. The maximum atomic E-state index is 13.3. The van der Waals surface area contributed by atoms with E-state index in [9.17, 15) is 4.79 Å². The van der Waals surface area contributed by atoms with Gasteiger partial charge in [-0.15, -0.1) is 39.4 Å². The van der Waals surface area contributed by atoms with Crippen molar-refractivity contribution in [3.8, 4) is 11.4 Å². The molecule has 166 valence electrons. The SMILES string of the molecule is C=CCn1c(SCC(=O)N2N=C(c3cccs3)CC2c2cccs2)nnc1-c1cccnc1. The highest BCUT2D eigenvalue weighted by molar-refractivity contribution is 7.99. The van der Waals surface area contributed by atoms with Crippen LogP contribution in [0.25, 0.3) is 11.4 Å². The van der Waals surface area contributed by atoms with Gasteiger partial charge < -0.3 is 0 Å². The Morgan fingerprint density at radius 2 is 2.06 bits per heavy atom. The third-order valence-electron chi connectivity index (χ3n) is 5.12. The number of allylic oxidation sites excluding steroid dienone is 1. The topological polar surface area (TPSA) is 76.3 Å². The van der Waals surface area contributed by atoms with E-state index in [-0.39, 0.29) is 17.7 Å². The Labute approximate surface area is 203 Å². The third kappa shape index (κ3) is 4.54. The zero-order chi connectivity index (χ0) is 22.6. The minimum atomic E-state index is -0.0767. The number of hydrogen-bond acceptors (Lipinski definition) is 8. The molecule has 0 aliphatic carbocycles. The van der Waals surface area contributed by atoms with E-state index >= 15 is 0 Å². The molecule has 5 heterocycles. The number of rotatable bonds is 8. The number of thiophene rings is 2. The lowest BCUT2D eigenvalue weighted by molar-refractivity contribution is -0.130. The molecule has 7 nitrogen and oxygen atoms in total. The van der Waals surface area contributed by atoms with Gasteiger partial charge >= 0.3 is 0 Å². The van der Waals surface area contributed by atoms with E-state index in [4.69, 9.17) is 5.10 Å². The highest BCUT2D eigenvalue weighted by Crippen LogP contribution is 2.36. The molecule has 1 atom stereocenters. The summed E-state index contributed by atoms with van der Waals surface area (Å²) in [6.07, 6.45) is 5.98. The lowest BCUT2D eigenvalue weighted by Gasteiger charge is -2.20. The zero-order valence-electron chi connectivity index (χ0n) is 17.6. The molecule has 5 rings (SSSR count). The summed E-state index contributed by atoms with van der Waals surface area (Å²) in [6.45, 7) is 4.39. The van der Waals surface area contributed by atoms with Crippen molar-refractivity contribution in [1.29, 1.82) is 0 Å². The molecule has 0 saturated heterocycles. The predicted octanol–water partition coefficient (Wildman–Crippen LogP) is 5.12. The maximum absolute atomic E-state index is 13.3. The van der Waals surface area contributed by atoms with E-state index < -0.39 is 0 Å². The first-order valence-corrected chi connectivity index (χ1v) is 13.0. The van der Waals surface area contributed by atoms with Gasteiger partial charge in [-0.25, -0.2) is 5.01 Å². The minimum Gasteiger partial charge on any atom is -0.298 e. The van der Waals surface area contributed by atoms with E-state index in [1.807, 2.05) is 39.6 Å². The van der Waals surface area contributed by atoms with E-state index in [0.717, 1.165) is 27.5 Å². The molecule has 0 saturated carbocycles. The third-order valence-corrected chi connectivity index (χ3v) is 7.96. The van der Waals surface area contributed by atoms with Gasteiger partial charge in [0.25, 0.3) is 5.91 Å². The van der Waals surface area contributed by atoms with Gasteiger partial charge in [0, 0.05) is 35.8 Å². The van der Waals surface area contributed by atoms with Crippen molar-refractivity contribution >= 4 is 46.1 Å². The van der Waals surface area contributed by atoms with Crippen LogP contribution in [0.5, 0.6) is 0 Å². The van der Waals surface area contributed by atoms with Gasteiger partial charge in [-0.3, -0.25) is 14.3 Å². The molecule has 0 radical (unpaired) electrons. The molecule has 4 aromatic rings. The summed E-state index contributed by atoms with van der Waals surface area (Å²) in [6, 6.07) is 11.9. The zero-order valence-corrected chi connectivity index (χ0v) is 20.0. The number of hydrogen-bond donors (Lipinski definition) is 0. The van der Waals surface area contributed by atoms with Gasteiger partial charge in [0.2, 0.25) is 0 Å². The largest absolute Gasteiger partial charge is 0.298 e. The van der Waals surface area contributed by atoms with Crippen LogP contribution in [-0.2, 0) is 11.3 Å². The average Bonchev–Trinajstić information content (AvgIpc) is 3.64. The number of hydrazone groups is 1. The molecule has 0 fully saturated rings. The highest BCUT2D eigenvalue weighted by Gasteiger charge is 2.34. The van der Waals surface area contributed by atoms with Crippen LogP contribution >= 0.6 is 34.4 Å². The number of aromatic nitrogens is 4. The molecule has 1 amide bonds. The second-order valence-electron chi connectivity index (χ2n) is 7.23. The molecule has 1 aliphatic rings. The normalized spacial score (nSPS) is 15.6. The van der Waals surface area contributed by atoms with Crippen molar-refractivity contribution in [2.24, 2.45) is 5.10 Å². The Hall–Kier alpha value is -3.08. The molecule has 0 N–H and O–H groups in total. The first kappa shape index (κ1) is 21.7. The van der Waals surface area contributed by atoms with Gasteiger partial charge in [0.1, 0.15) is 0 Å². The number of carbonyl (C=O) groups excluding carboxylic acids is 1. The number of thioether (sulfide) groups is 1. The highest BCUT2D eigenvalue weighted by atomic mass is 32.2. The van der Waals surface area contributed by atoms with Gasteiger partial charge in [0.15, 0.2) is 11.0 Å². The van der Waals surface area contributed by atoms with Crippen LogP contribution in [0, 0.1) is 0 Å². The molecule has 1 aliphatic heterocycles. The van der Waals surface area contributed by atoms with Crippen molar-refractivity contribution in [2.45, 2.75) is 24.2 Å². The van der Waals surface area contributed by atoms with Crippen LogP contribution in [-0.4, -0.2) is 42.1 Å². The molecule has 4 aromatic heterocycles. The van der Waals surface area contributed by atoms with Gasteiger partial charge in [-0.1, -0.05) is 30.0 Å². The first-order chi connectivity index (χ1) is 16.2. The smallest absolute Gasteiger partial charge is 0.253 e. The first-order valence-electron chi connectivity index (χ1n) is 10.3. The van der Waals surface area contributed by atoms with Crippen molar-refractivity contribution < 1.29 is 4.79 Å². The summed E-state index contributed by atoms with van der Waals surface area (Å²) in [5.74, 6) is 0.862.